The lowest BCUT2D eigenvalue weighted by Gasteiger charge is -2.44. The normalized spacial score (nSPS) is 37.9. The Morgan fingerprint density at radius 2 is 1.81 bits per heavy atom. The van der Waals surface area contributed by atoms with Crippen molar-refractivity contribution in [3.05, 3.63) is 47.6 Å². The SMILES string of the molecule is C=C1CC[C@H](O)CC1=CC=C1CCC[C@]2(C)[C@@H]([C@H](C)/C=C/C(C)(O)C(C)(C)O)CC[C@@H]12. The summed E-state index contributed by atoms with van der Waals surface area (Å²) in [4.78, 5) is 0. The summed E-state index contributed by atoms with van der Waals surface area (Å²) in [6.07, 6.45) is 16.8. The zero-order valence-electron chi connectivity index (χ0n) is 20.3. The lowest BCUT2D eigenvalue weighted by molar-refractivity contribution is -0.0886. The standard InChI is InChI=1S/C28H44O3/c1-19-9-12-23(29)18-22(19)11-10-21-8-7-16-27(5)24(13-14-25(21)27)20(2)15-17-28(6,31)26(3,4)30/h10-11,15,17,20,23-25,29-31H,1,7-9,12-14,16,18H2,2-6H3/b17-15+,21-10?,22-11?/t20-,23+,24-,25+,27-,28?/m1/s1. The molecule has 0 aromatic heterocycles. The van der Waals surface area contributed by atoms with Gasteiger partial charge in [0.25, 0.3) is 0 Å². The molecule has 0 aliphatic heterocycles. The first kappa shape index (κ1) is 24.5. The lowest BCUT2D eigenvalue weighted by atomic mass is 9.61. The first-order valence-corrected chi connectivity index (χ1v) is 12.2. The van der Waals surface area contributed by atoms with Crippen LogP contribution in [0, 0.1) is 23.2 Å². The van der Waals surface area contributed by atoms with Crippen LogP contribution in [0.1, 0.15) is 86.0 Å². The van der Waals surface area contributed by atoms with Crippen LogP contribution in [0.2, 0.25) is 0 Å². The third-order valence-electron chi connectivity index (χ3n) is 8.82. The van der Waals surface area contributed by atoms with Gasteiger partial charge in [-0.2, -0.15) is 0 Å². The van der Waals surface area contributed by atoms with Crippen LogP contribution in [0.3, 0.4) is 0 Å². The summed E-state index contributed by atoms with van der Waals surface area (Å²) in [5.41, 5.74) is 1.83. The number of hydrogen-bond acceptors (Lipinski definition) is 3. The summed E-state index contributed by atoms with van der Waals surface area (Å²) in [5, 5.41) is 30.9. The Balaban J connectivity index is 1.77. The maximum Gasteiger partial charge on any atom is 0.108 e. The van der Waals surface area contributed by atoms with Gasteiger partial charge in [-0.3, -0.25) is 0 Å². The fourth-order valence-electron chi connectivity index (χ4n) is 6.22. The second-order valence-corrected chi connectivity index (χ2v) is 11.5. The molecule has 3 N–H and O–H groups in total. The third kappa shape index (κ3) is 5.10. The summed E-state index contributed by atoms with van der Waals surface area (Å²) < 4.78 is 0. The summed E-state index contributed by atoms with van der Waals surface area (Å²) in [6.45, 7) is 13.9. The highest BCUT2D eigenvalue weighted by molar-refractivity contribution is 5.36. The van der Waals surface area contributed by atoms with Gasteiger partial charge in [-0.25, -0.2) is 0 Å². The van der Waals surface area contributed by atoms with Crippen molar-refractivity contribution in [1.82, 2.24) is 0 Å². The predicted molar refractivity (Wildman–Crippen MR) is 129 cm³/mol. The van der Waals surface area contributed by atoms with Crippen molar-refractivity contribution < 1.29 is 15.3 Å². The average Bonchev–Trinajstić information content (AvgIpc) is 3.03. The molecular formula is C28H44O3. The van der Waals surface area contributed by atoms with Gasteiger partial charge in [0.05, 0.1) is 11.7 Å². The maximum absolute atomic E-state index is 10.6. The molecule has 1 unspecified atom stereocenters. The van der Waals surface area contributed by atoms with Crippen LogP contribution in [0.4, 0.5) is 0 Å². The molecule has 0 heterocycles. The minimum absolute atomic E-state index is 0.226. The van der Waals surface area contributed by atoms with E-state index in [1.165, 1.54) is 43.3 Å². The number of rotatable bonds is 5. The monoisotopic (exact) mass is 428 g/mol. The lowest BCUT2D eigenvalue weighted by Crippen LogP contribution is -2.46. The van der Waals surface area contributed by atoms with Crippen LogP contribution in [-0.2, 0) is 0 Å². The molecule has 0 aromatic carbocycles. The zero-order chi connectivity index (χ0) is 23.0. The second-order valence-electron chi connectivity index (χ2n) is 11.5. The minimum atomic E-state index is -1.24. The van der Waals surface area contributed by atoms with Crippen LogP contribution in [0.5, 0.6) is 0 Å². The van der Waals surface area contributed by atoms with Crippen molar-refractivity contribution in [3.8, 4) is 0 Å². The second kappa shape index (κ2) is 9.00. The molecule has 3 saturated carbocycles. The van der Waals surface area contributed by atoms with Crippen LogP contribution in [0.25, 0.3) is 0 Å². The molecule has 31 heavy (non-hydrogen) atoms. The molecule has 0 radical (unpaired) electrons. The number of fused-ring (bicyclic) bond motifs is 1. The molecule has 0 amide bonds. The number of allylic oxidation sites excluding steroid dienone is 5. The van der Waals surface area contributed by atoms with E-state index in [1.54, 1.807) is 32.4 Å². The van der Waals surface area contributed by atoms with E-state index in [9.17, 15) is 15.3 Å². The molecule has 0 spiro atoms. The quantitative estimate of drug-likeness (QED) is 0.480. The van der Waals surface area contributed by atoms with Gasteiger partial charge in [-0.05, 0) is 101 Å². The van der Waals surface area contributed by atoms with Gasteiger partial charge in [0.15, 0.2) is 0 Å². The smallest absolute Gasteiger partial charge is 0.108 e. The van der Waals surface area contributed by atoms with E-state index < -0.39 is 11.2 Å². The Hall–Kier alpha value is -1.16. The van der Waals surface area contributed by atoms with Crippen LogP contribution >= 0.6 is 0 Å². The molecule has 6 atom stereocenters. The Morgan fingerprint density at radius 3 is 2.48 bits per heavy atom. The van der Waals surface area contributed by atoms with E-state index in [0.717, 1.165) is 19.3 Å². The molecule has 0 bridgehead atoms. The van der Waals surface area contributed by atoms with Gasteiger partial charge in [-0.1, -0.05) is 55.9 Å². The molecule has 0 aromatic rings. The average molecular weight is 429 g/mol. The highest BCUT2D eigenvalue weighted by Crippen LogP contribution is 2.59. The van der Waals surface area contributed by atoms with Crippen LogP contribution < -0.4 is 0 Å². The highest BCUT2D eigenvalue weighted by atomic mass is 16.3. The van der Waals surface area contributed by atoms with Crippen LogP contribution in [0.15, 0.2) is 47.6 Å². The summed E-state index contributed by atoms with van der Waals surface area (Å²) >= 11 is 0. The first-order chi connectivity index (χ1) is 14.3. The van der Waals surface area contributed by atoms with E-state index in [0.29, 0.717) is 17.8 Å². The summed E-state index contributed by atoms with van der Waals surface area (Å²) in [5.74, 6) is 1.54. The van der Waals surface area contributed by atoms with Gasteiger partial charge in [0.2, 0.25) is 0 Å². The van der Waals surface area contributed by atoms with Crippen molar-refractivity contribution >= 4 is 0 Å². The third-order valence-corrected chi connectivity index (χ3v) is 8.82. The molecular weight excluding hydrogens is 384 g/mol. The first-order valence-electron chi connectivity index (χ1n) is 12.2. The number of hydrogen-bond donors (Lipinski definition) is 3. The molecule has 0 saturated heterocycles. The molecule has 3 heteroatoms. The van der Waals surface area contributed by atoms with Gasteiger partial charge in [0.1, 0.15) is 5.60 Å². The van der Waals surface area contributed by atoms with E-state index in [4.69, 9.17) is 0 Å². The molecule has 3 nitrogen and oxygen atoms in total. The summed E-state index contributed by atoms with van der Waals surface area (Å²) in [6, 6.07) is 0. The molecule has 3 aliphatic rings. The predicted octanol–water partition coefficient (Wildman–Crippen LogP) is 5.87. The van der Waals surface area contributed by atoms with Gasteiger partial charge in [-0.15, -0.1) is 0 Å². The van der Waals surface area contributed by atoms with Gasteiger partial charge in [0, 0.05) is 0 Å². The van der Waals surface area contributed by atoms with Crippen molar-refractivity contribution in [3.63, 3.8) is 0 Å². The van der Waals surface area contributed by atoms with E-state index in [2.05, 4.69) is 38.7 Å². The maximum atomic E-state index is 10.6. The van der Waals surface area contributed by atoms with Crippen molar-refractivity contribution in [1.29, 1.82) is 0 Å². The van der Waals surface area contributed by atoms with Gasteiger partial charge >= 0.3 is 0 Å². The van der Waals surface area contributed by atoms with Crippen molar-refractivity contribution in [2.24, 2.45) is 23.2 Å². The van der Waals surface area contributed by atoms with E-state index >= 15 is 0 Å². The fourth-order valence-corrected chi connectivity index (χ4v) is 6.22. The Morgan fingerprint density at radius 1 is 1.10 bits per heavy atom. The molecule has 3 rings (SSSR count). The zero-order valence-corrected chi connectivity index (χ0v) is 20.3. The highest BCUT2D eigenvalue weighted by Gasteiger charge is 2.50. The van der Waals surface area contributed by atoms with Gasteiger partial charge < -0.3 is 15.3 Å². The van der Waals surface area contributed by atoms with Crippen LogP contribution in [-0.4, -0.2) is 32.6 Å². The number of aliphatic hydroxyl groups is 3. The van der Waals surface area contributed by atoms with E-state index in [1.807, 2.05) is 0 Å². The van der Waals surface area contributed by atoms with Crippen molar-refractivity contribution in [2.45, 2.75) is 103 Å². The minimum Gasteiger partial charge on any atom is -0.393 e. The van der Waals surface area contributed by atoms with E-state index in [-0.39, 0.29) is 11.5 Å². The molecule has 3 aliphatic carbocycles. The Kier molecular flexibility index (Phi) is 7.11. The molecule has 3 fully saturated rings. The number of aliphatic hydroxyl groups excluding tert-OH is 1. The fraction of sp³-hybridized carbons (Fsp3) is 0.714. The Bertz CT molecular complexity index is 764. The topological polar surface area (TPSA) is 60.7 Å². The molecule has 174 valence electrons. The van der Waals surface area contributed by atoms with Crippen molar-refractivity contribution in [2.75, 3.05) is 0 Å². The summed E-state index contributed by atoms with van der Waals surface area (Å²) in [7, 11) is 0. The largest absolute Gasteiger partial charge is 0.393 e. The Labute approximate surface area is 189 Å².